The van der Waals surface area contributed by atoms with Crippen LogP contribution in [-0.2, 0) is 0 Å². The van der Waals surface area contributed by atoms with E-state index in [1.165, 1.54) is 50.3 Å². The number of piperidine rings is 1. The summed E-state index contributed by atoms with van der Waals surface area (Å²) in [7, 11) is 4.32. The van der Waals surface area contributed by atoms with Crippen molar-refractivity contribution in [2.45, 2.75) is 31.7 Å². The number of rotatable bonds is 4. The van der Waals surface area contributed by atoms with E-state index in [1.807, 2.05) is 0 Å². The summed E-state index contributed by atoms with van der Waals surface area (Å²) in [5.41, 5.74) is 4.31. The van der Waals surface area contributed by atoms with Crippen LogP contribution >= 0.6 is 12.4 Å². The van der Waals surface area contributed by atoms with Crippen molar-refractivity contribution in [3.8, 4) is 0 Å². The highest BCUT2D eigenvalue weighted by atomic mass is 35.5. The van der Waals surface area contributed by atoms with Gasteiger partial charge in [0.05, 0.1) is 0 Å². The number of hydrogen-bond acceptors (Lipinski definition) is 3. The van der Waals surface area contributed by atoms with Crippen LogP contribution < -0.4 is 5.32 Å². The van der Waals surface area contributed by atoms with E-state index in [2.05, 4.69) is 54.3 Å². The molecule has 0 amide bonds. The molecule has 2 heterocycles. The predicted molar refractivity (Wildman–Crippen MR) is 92.8 cm³/mol. The second-order valence-corrected chi connectivity index (χ2v) is 6.69. The summed E-state index contributed by atoms with van der Waals surface area (Å²) in [6.07, 6.45) is 2.55. The Morgan fingerprint density at radius 2 is 2.14 bits per heavy atom. The number of halogens is 1. The highest BCUT2D eigenvalue weighted by Gasteiger charge is 2.36. The third-order valence-electron chi connectivity index (χ3n) is 4.72. The lowest BCUT2D eigenvalue weighted by Crippen LogP contribution is -2.42. The number of nitrogens with zero attached hydrogens (tertiary/aromatic N) is 2. The van der Waals surface area contributed by atoms with E-state index in [4.69, 9.17) is 0 Å². The largest absolute Gasteiger partial charge is 0.381 e. The average Bonchev–Trinajstić information content (AvgIpc) is 2.76. The fourth-order valence-electron chi connectivity index (χ4n) is 3.64. The number of benzene rings is 1. The summed E-state index contributed by atoms with van der Waals surface area (Å²) in [6, 6.07) is 7.53. The molecule has 0 aromatic heterocycles. The smallest absolute Gasteiger partial charge is 0.0379 e. The first kappa shape index (κ1) is 16.6. The number of likely N-dealkylation sites (tertiary alicyclic amines) is 1. The molecule has 0 spiro atoms. The van der Waals surface area contributed by atoms with Crippen molar-refractivity contribution >= 4 is 18.1 Å². The van der Waals surface area contributed by atoms with E-state index >= 15 is 0 Å². The lowest BCUT2D eigenvalue weighted by atomic mass is 9.88. The fourth-order valence-corrected chi connectivity index (χ4v) is 3.64. The molecule has 1 aromatic rings. The Morgan fingerprint density at radius 1 is 1.33 bits per heavy atom. The lowest BCUT2D eigenvalue weighted by molar-refractivity contribution is 0.193. The van der Waals surface area contributed by atoms with E-state index in [-0.39, 0.29) is 12.4 Å². The minimum atomic E-state index is 0. The molecule has 118 valence electrons. The molecule has 1 aromatic carbocycles. The van der Waals surface area contributed by atoms with Crippen LogP contribution in [0.2, 0.25) is 0 Å². The zero-order valence-electron chi connectivity index (χ0n) is 13.4. The molecule has 21 heavy (non-hydrogen) atoms. The average molecular weight is 310 g/mol. The Balaban J connectivity index is 0.00000161. The Kier molecular flexibility index (Phi) is 5.53. The van der Waals surface area contributed by atoms with Crippen molar-refractivity contribution in [3.63, 3.8) is 0 Å². The van der Waals surface area contributed by atoms with Gasteiger partial charge in [-0.1, -0.05) is 17.7 Å². The second-order valence-electron chi connectivity index (χ2n) is 6.69. The van der Waals surface area contributed by atoms with Crippen LogP contribution in [0.15, 0.2) is 18.2 Å². The number of aryl methyl sites for hydroxylation is 1. The first-order valence-electron chi connectivity index (χ1n) is 7.87. The summed E-state index contributed by atoms with van der Waals surface area (Å²) in [4.78, 5) is 4.94. The van der Waals surface area contributed by atoms with E-state index in [9.17, 15) is 0 Å². The molecule has 1 fully saturated rings. The third kappa shape index (κ3) is 3.71. The van der Waals surface area contributed by atoms with Crippen molar-refractivity contribution in [1.29, 1.82) is 0 Å². The zero-order chi connectivity index (χ0) is 14.1. The molecule has 3 rings (SSSR count). The third-order valence-corrected chi connectivity index (χ3v) is 4.72. The highest BCUT2D eigenvalue weighted by molar-refractivity contribution is 5.85. The van der Waals surface area contributed by atoms with Crippen LogP contribution in [0.1, 0.15) is 29.9 Å². The van der Waals surface area contributed by atoms with Gasteiger partial charge in [0.15, 0.2) is 0 Å². The number of anilines is 1. The van der Waals surface area contributed by atoms with Gasteiger partial charge in [0.2, 0.25) is 0 Å². The Morgan fingerprint density at radius 3 is 2.90 bits per heavy atom. The quantitative estimate of drug-likeness (QED) is 0.922. The summed E-state index contributed by atoms with van der Waals surface area (Å²) in [5, 5.41) is 3.72. The molecule has 1 saturated heterocycles. The standard InChI is InChI=1S/C17H27N3.ClH/c1-13-5-6-16-14(11-13)15-12-20(9-4-8-19(2)3)10-7-17(15)18-16;/h5-6,11,15,17-18H,4,7-10,12H2,1-3H3;1H/t15-,17-;/m1./s1. The van der Waals surface area contributed by atoms with Crippen molar-refractivity contribution in [3.05, 3.63) is 29.3 Å². The van der Waals surface area contributed by atoms with E-state index in [1.54, 1.807) is 5.56 Å². The molecule has 4 heteroatoms. The van der Waals surface area contributed by atoms with E-state index in [0.717, 1.165) is 0 Å². The molecule has 2 aliphatic rings. The normalized spacial score (nSPS) is 24.2. The highest BCUT2D eigenvalue weighted by Crippen LogP contribution is 2.40. The van der Waals surface area contributed by atoms with Gasteiger partial charge in [-0.3, -0.25) is 0 Å². The van der Waals surface area contributed by atoms with Crippen LogP contribution in [0, 0.1) is 6.92 Å². The van der Waals surface area contributed by atoms with Gasteiger partial charge in [0.25, 0.3) is 0 Å². The van der Waals surface area contributed by atoms with Gasteiger partial charge < -0.3 is 15.1 Å². The molecule has 1 N–H and O–H groups in total. The van der Waals surface area contributed by atoms with Crippen molar-refractivity contribution in [2.24, 2.45) is 0 Å². The van der Waals surface area contributed by atoms with Gasteiger partial charge in [0.1, 0.15) is 0 Å². The van der Waals surface area contributed by atoms with Gasteiger partial charge >= 0.3 is 0 Å². The van der Waals surface area contributed by atoms with Crippen LogP contribution in [0.5, 0.6) is 0 Å². The molecule has 0 radical (unpaired) electrons. The van der Waals surface area contributed by atoms with Gasteiger partial charge in [-0.25, -0.2) is 0 Å². The van der Waals surface area contributed by atoms with Crippen LogP contribution in [0.4, 0.5) is 5.69 Å². The van der Waals surface area contributed by atoms with Crippen molar-refractivity contribution in [2.75, 3.05) is 45.6 Å². The van der Waals surface area contributed by atoms with E-state index in [0.29, 0.717) is 12.0 Å². The maximum atomic E-state index is 3.72. The van der Waals surface area contributed by atoms with Crippen LogP contribution in [0.25, 0.3) is 0 Å². The van der Waals surface area contributed by atoms with Gasteiger partial charge in [0, 0.05) is 30.7 Å². The molecule has 2 aliphatic heterocycles. The first-order chi connectivity index (χ1) is 9.63. The molecule has 0 unspecified atom stereocenters. The summed E-state index contributed by atoms with van der Waals surface area (Å²) in [5.74, 6) is 0.693. The van der Waals surface area contributed by atoms with Crippen LogP contribution in [0.3, 0.4) is 0 Å². The fraction of sp³-hybridized carbons (Fsp3) is 0.647. The van der Waals surface area contributed by atoms with Gasteiger partial charge in [-0.2, -0.15) is 0 Å². The Labute approximate surface area is 135 Å². The Hall–Kier alpha value is -0.770. The number of fused-ring (bicyclic) bond motifs is 3. The molecular weight excluding hydrogens is 282 g/mol. The zero-order valence-corrected chi connectivity index (χ0v) is 14.2. The van der Waals surface area contributed by atoms with Crippen molar-refractivity contribution in [1.82, 2.24) is 9.80 Å². The molecular formula is C17H28ClN3. The molecule has 0 saturated carbocycles. The summed E-state index contributed by atoms with van der Waals surface area (Å²) < 4.78 is 0. The minimum Gasteiger partial charge on any atom is -0.381 e. The van der Waals surface area contributed by atoms with E-state index < -0.39 is 0 Å². The second kappa shape index (κ2) is 6.99. The van der Waals surface area contributed by atoms with Crippen LogP contribution in [-0.4, -0.2) is 56.1 Å². The topological polar surface area (TPSA) is 18.5 Å². The summed E-state index contributed by atoms with van der Waals surface area (Å²) >= 11 is 0. The van der Waals surface area contributed by atoms with Gasteiger partial charge in [-0.15, -0.1) is 12.4 Å². The molecule has 0 bridgehead atoms. The predicted octanol–water partition coefficient (Wildman–Crippen LogP) is 2.95. The minimum absolute atomic E-state index is 0. The monoisotopic (exact) mass is 309 g/mol. The maximum absolute atomic E-state index is 3.72. The maximum Gasteiger partial charge on any atom is 0.0379 e. The Bertz CT molecular complexity index is 475. The summed E-state index contributed by atoms with van der Waals surface area (Å²) in [6.45, 7) is 7.10. The molecule has 0 aliphatic carbocycles. The first-order valence-corrected chi connectivity index (χ1v) is 7.87. The number of hydrogen-bond donors (Lipinski definition) is 1. The van der Waals surface area contributed by atoms with Gasteiger partial charge in [-0.05, 0) is 58.6 Å². The lowest BCUT2D eigenvalue weighted by Gasteiger charge is -2.35. The molecule has 2 atom stereocenters. The van der Waals surface area contributed by atoms with Crippen molar-refractivity contribution < 1.29 is 0 Å². The molecule has 3 nitrogen and oxygen atoms in total. The number of nitrogens with one attached hydrogen (secondary N) is 1. The SMILES string of the molecule is Cc1ccc2c(c1)[C@H]1CN(CCCN(C)C)CC[C@H]1N2.Cl.